The van der Waals surface area contributed by atoms with Crippen LogP contribution in [0.5, 0.6) is 0 Å². The van der Waals surface area contributed by atoms with Crippen LogP contribution in [0, 0.1) is 0 Å². The van der Waals surface area contributed by atoms with Gasteiger partial charge in [-0.1, -0.05) is 30.3 Å². The van der Waals surface area contributed by atoms with E-state index >= 15 is 0 Å². The normalized spacial score (nSPS) is 21.9. The summed E-state index contributed by atoms with van der Waals surface area (Å²) < 4.78 is 5.86. The Hall–Kier alpha value is -1.94. The van der Waals surface area contributed by atoms with Crippen molar-refractivity contribution >= 4 is 5.82 Å². The average molecular weight is 269 g/mol. The molecule has 1 saturated heterocycles. The van der Waals surface area contributed by atoms with E-state index in [2.05, 4.69) is 29.4 Å². The second-order valence-corrected chi connectivity index (χ2v) is 5.26. The molecule has 1 unspecified atom stereocenters. The zero-order valence-electron chi connectivity index (χ0n) is 11.9. The smallest absolute Gasteiger partial charge is 0.162 e. The number of benzene rings is 1. The van der Waals surface area contributed by atoms with Gasteiger partial charge in [0, 0.05) is 25.3 Å². The van der Waals surface area contributed by atoms with Crippen molar-refractivity contribution < 1.29 is 4.74 Å². The van der Waals surface area contributed by atoms with Gasteiger partial charge < -0.3 is 10.1 Å². The van der Waals surface area contributed by atoms with Crippen LogP contribution in [-0.2, 0) is 10.3 Å². The van der Waals surface area contributed by atoms with Gasteiger partial charge in [-0.05, 0) is 19.8 Å². The number of nitrogens with one attached hydrogen (secondary N) is 1. The minimum Gasteiger partial charge on any atom is -0.373 e. The van der Waals surface area contributed by atoms with Gasteiger partial charge in [0.05, 0.1) is 5.69 Å². The molecule has 1 aliphatic heterocycles. The van der Waals surface area contributed by atoms with Gasteiger partial charge in [0.2, 0.25) is 0 Å². The van der Waals surface area contributed by atoms with Crippen LogP contribution in [0.4, 0.5) is 5.82 Å². The molecular formula is C16H19N3O. The molecule has 3 rings (SSSR count). The van der Waals surface area contributed by atoms with Crippen LogP contribution < -0.4 is 5.32 Å². The van der Waals surface area contributed by atoms with Crippen molar-refractivity contribution in [1.29, 1.82) is 0 Å². The maximum absolute atomic E-state index is 5.86. The van der Waals surface area contributed by atoms with Crippen LogP contribution in [0.25, 0.3) is 11.3 Å². The number of hydrogen-bond donors (Lipinski definition) is 1. The third-order valence-electron chi connectivity index (χ3n) is 3.74. The highest BCUT2D eigenvalue weighted by Crippen LogP contribution is 2.35. The largest absolute Gasteiger partial charge is 0.373 e. The first-order valence-corrected chi connectivity index (χ1v) is 6.98. The van der Waals surface area contributed by atoms with Crippen LogP contribution in [0.3, 0.4) is 0 Å². The lowest BCUT2D eigenvalue weighted by atomic mass is 10.0. The Morgan fingerprint density at radius 2 is 2.00 bits per heavy atom. The van der Waals surface area contributed by atoms with Crippen molar-refractivity contribution in [2.45, 2.75) is 25.4 Å². The monoisotopic (exact) mass is 269 g/mol. The second kappa shape index (κ2) is 5.21. The van der Waals surface area contributed by atoms with Gasteiger partial charge in [-0.15, -0.1) is 0 Å². The summed E-state index contributed by atoms with van der Waals surface area (Å²) >= 11 is 0. The maximum atomic E-state index is 5.86. The third kappa shape index (κ3) is 2.39. The molecule has 104 valence electrons. The second-order valence-electron chi connectivity index (χ2n) is 5.26. The molecule has 20 heavy (non-hydrogen) atoms. The predicted molar refractivity (Wildman–Crippen MR) is 79.6 cm³/mol. The van der Waals surface area contributed by atoms with E-state index in [0.717, 1.165) is 42.3 Å². The highest BCUT2D eigenvalue weighted by atomic mass is 16.5. The van der Waals surface area contributed by atoms with E-state index in [1.807, 2.05) is 31.3 Å². The van der Waals surface area contributed by atoms with Gasteiger partial charge in [0.1, 0.15) is 11.4 Å². The number of hydrogen-bond acceptors (Lipinski definition) is 4. The number of nitrogens with zero attached hydrogens (tertiary/aromatic N) is 2. The average Bonchev–Trinajstić information content (AvgIpc) is 2.96. The first-order chi connectivity index (χ1) is 9.71. The Morgan fingerprint density at radius 3 is 2.65 bits per heavy atom. The standard InChI is InChI=1S/C16H19N3O/c1-16(9-6-10-20-16)15-18-13(11-14(17-2)19-15)12-7-4-3-5-8-12/h3-5,7-8,11H,6,9-10H2,1-2H3,(H,17,18,19). The first-order valence-electron chi connectivity index (χ1n) is 6.98. The highest BCUT2D eigenvalue weighted by Gasteiger charge is 2.35. The summed E-state index contributed by atoms with van der Waals surface area (Å²) in [6.45, 7) is 2.86. The third-order valence-corrected chi connectivity index (χ3v) is 3.74. The maximum Gasteiger partial charge on any atom is 0.162 e. The minimum atomic E-state index is -0.365. The summed E-state index contributed by atoms with van der Waals surface area (Å²) in [6, 6.07) is 12.1. The van der Waals surface area contributed by atoms with Gasteiger partial charge in [0.15, 0.2) is 5.82 Å². The molecule has 2 heterocycles. The molecule has 2 aromatic rings. The van der Waals surface area contributed by atoms with Gasteiger partial charge >= 0.3 is 0 Å². The molecule has 1 atom stereocenters. The molecule has 0 spiro atoms. The van der Waals surface area contributed by atoms with Gasteiger partial charge in [-0.25, -0.2) is 9.97 Å². The summed E-state index contributed by atoms with van der Waals surface area (Å²) in [7, 11) is 1.87. The SMILES string of the molecule is CNc1cc(-c2ccccc2)nc(C2(C)CCCO2)n1. The van der Waals surface area contributed by atoms with Crippen LogP contribution in [0.1, 0.15) is 25.6 Å². The van der Waals surface area contributed by atoms with E-state index < -0.39 is 0 Å². The predicted octanol–water partition coefficient (Wildman–Crippen LogP) is 3.21. The van der Waals surface area contributed by atoms with E-state index in [1.54, 1.807) is 0 Å². The van der Waals surface area contributed by atoms with Crippen molar-refractivity contribution in [1.82, 2.24) is 9.97 Å². The number of ether oxygens (including phenoxy) is 1. The molecule has 0 radical (unpaired) electrons. The summed E-state index contributed by atoms with van der Waals surface area (Å²) in [5.74, 6) is 1.59. The molecule has 0 bridgehead atoms. The Kier molecular flexibility index (Phi) is 3.40. The fourth-order valence-corrected chi connectivity index (χ4v) is 2.52. The molecule has 4 nitrogen and oxygen atoms in total. The van der Waals surface area contributed by atoms with E-state index in [9.17, 15) is 0 Å². The number of rotatable bonds is 3. The molecular weight excluding hydrogens is 250 g/mol. The fraction of sp³-hybridized carbons (Fsp3) is 0.375. The first kappa shape index (κ1) is 13.1. The van der Waals surface area contributed by atoms with Crippen LogP contribution >= 0.6 is 0 Å². The Morgan fingerprint density at radius 1 is 1.20 bits per heavy atom. The Labute approximate surface area is 119 Å². The zero-order valence-corrected chi connectivity index (χ0v) is 11.9. The molecule has 1 aromatic carbocycles. The van der Waals surface area contributed by atoms with Crippen molar-refractivity contribution in [2.24, 2.45) is 0 Å². The van der Waals surface area contributed by atoms with Crippen molar-refractivity contribution in [3.05, 3.63) is 42.2 Å². The Bertz CT molecular complexity index is 592. The fourth-order valence-electron chi connectivity index (χ4n) is 2.52. The molecule has 4 heteroatoms. The lowest BCUT2D eigenvalue weighted by Crippen LogP contribution is -2.24. The quantitative estimate of drug-likeness (QED) is 0.929. The zero-order chi connectivity index (χ0) is 14.0. The summed E-state index contributed by atoms with van der Waals surface area (Å²) in [4.78, 5) is 9.31. The summed E-state index contributed by atoms with van der Waals surface area (Å²) in [5, 5.41) is 3.11. The topological polar surface area (TPSA) is 47.0 Å². The summed E-state index contributed by atoms with van der Waals surface area (Å²) in [5.41, 5.74) is 1.65. The van der Waals surface area contributed by atoms with Gasteiger partial charge in [0.25, 0.3) is 0 Å². The molecule has 0 saturated carbocycles. The lowest BCUT2D eigenvalue weighted by Gasteiger charge is -2.22. The van der Waals surface area contributed by atoms with E-state index in [0.29, 0.717) is 0 Å². The van der Waals surface area contributed by atoms with Gasteiger partial charge in [-0.2, -0.15) is 0 Å². The van der Waals surface area contributed by atoms with Crippen LogP contribution in [-0.4, -0.2) is 23.6 Å². The molecule has 1 fully saturated rings. The molecule has 0 amide bonds. The molecule has 1 aromatic heterocycles. The lowest BCUT2D eigenvalue weighted by molar-refractivity contribution is 0.00954. The highest BCUT2D eigenvalue weighted by molar-refractivity contribution is 5.62. The van der Waals surface area contributed by atoms with Gasteiger partial charge in [-0.3, -0.25) is 0 Å². The molecule has 1 aliphatic rings. The number of anilines is 1. The van der Waals surface area contributed by atoms with Crippen molar-refractivity contribution in [3.63, 3.8) is 0 Å². The van der Waals surface area contributed by atoms with Crippen molar-refractivity contribution in [3.8, 4) is 11.3 Å². The summed E-state index contributed by atoms with van der Waals surface area (Å²) in [6.07, 6.45) is 2.03. The van der Waals surface area contributed by atoms with E-state index in [-0.39, 0.29) is 5.60 Å². The van der Waals surface area contributed by atoms with Crippen LogP contribution in [0.15, 0.2) is 36.4 Å². The van der Waals surface area contributed by atoms with Crippen LogP contribution in [0.2, 0.25) is 0 Å². The number of aromatic nitrogens is 2. The van der Waals surface area contributed by atoms with E-state index in [4.69, 9.17) is 9.72 Å². The van der Waals surface area contributed by atoms with E-state index in [1.165, 1.54) is 0 Å². The minimum absolute atomic E-state index is 0.365. The molecule has 1 N–H and O–H groups in total. The molecule has 0 aliphatic carbocycles. The Balaban J connectivity index is 2.08. The van der Waals surface area contributed by atoms with Crippen molar-refractivity contribution in [2.75, 3.05) is 19.0 Å².